The highest BCUT2D eigenvalue weighted by Crippen LogP contribution is 2.32. The molecule has 0 aromatic carbocycles. The molecular weight excluding hydrogens is 180 g/mol. The second kappa shape index (κ2) is 3.47. The molecule has 3 heteroatoms. The van der Waals surface area contributed by atoms with Crippen LogP contribution in [0.4, 0.5) is 0 Å². The average molecular weight is 192 g/mol. The summed E-state index contributed by atoms with van der Waals surface area (Å²) >= 11 is 5.12. The van der Waals surface area contributed by atoms with Crippen LogP contribution in [0.3, 0.4) is 0 Å². The van der Waals surface area contributed by atoms with E-state index in [0.717, 1.165) is 12.8 Å². The molecule has 1 fully saturated rings. The maximum Gasteiger partial charge on any atom is 0.0974 e. The van der Waals surface area contributed by atoms with Crippen LogP contribution in [0.1, 0.15) is 25.7 Å². The standard InChI is InChI=1S/C10H12N2S/c11-6-8-5-7-3-1-2-4-9(7)12-10(8)13/h4,7-8H,1-3,5H2,(H,12,13). The van der Waals surface area contributed by atoms with Crippen molar-refractivity contribution in [2.24, 2.45) is 11.8 Å². The Morgan fingerprint density at radius 3 is 3.23 bits per heavy atom. The zero-order chi connectivity index (χ0) is 9.26. The largest absolute Gasteiger partial charge is 0.352 e. The van der Waals surface area contributed by atoms with Gasteiger partial charge in [-0.1, -0.05) is 18.3 Å². The Hall–Kier alpha value is -0.880. The molecule has 2 nitrogen and oxygen atoms in total. The van der Waals surface area contributed by atoms with E-state index in [0.29, 0.717) is 10.9 Å². The molecule has 0 aromatic heterocycles. The predicted molar refractivity (Wildman–Crippen MR) is 54.9 cm³/mol. The van der Waals surface area contributed by atoms with Crippen LogP contribution < -0.4 is 5.32 Å². The first-order valence-corrected chi connectivity index (χ1v) is 5.12. The van der Waals surface area contributed by atoms with E-state index in [-0.39, 0.29) is 5.92 Å². The van der Waals surface area contributed by atoms with Crippen LogP contribution in [0.2, 0.25) is 0 Å². The number of allylic oxidation sites excluding steroid dienone is 2. The number of rotatable bonds is 0. The second-order valence-electron chi connectivity index (χ2n) is 3.69. The van der Waals surface area contributed by atoms with Crippen molar-refractivity contribution in [3.63, 3.8) is 0 Å². The van der Waals surface area contributed by atoms with E-state index in [1.807, 2.05) is 0 Å². The molecule has 0 amide bonds. The van der Waals surface area contributed by atoms with E-state index < -0.39 is 0 Å². The lowest BCUT2D eigenvalue weighted by Crippen LogP contribution is -2.38. The second-order valence-corrected chi connectivity index (χ2v) is 4.13. The van der Waals surface area contributed by atoms with Gasteiger partial charge in [0.25, 0.3) is 0 Å². The first-order chi connectivity index (χ1) is 6.31. The Labute approximate surface area is 83.6 Å². The number of hydrogen-bond donors (Lipinski definition) is 1. The Kier molecular flexibility index (Phi) is 2.32. The van der Waals surface area contributed by atoms with E-state index in [9.17, 15) is 0 Å². The minimum atomic E-state index is -0.0600. The Bertz CT molecular complexity index is 301. The molecule has 0 bridgehead atoms. The fourth-order valence-electron chi connectivity index (χ4n) is 2.07. The summed E-state index contributed by atoms with van der Waals surface area (Å²) in [5.74, 6) is 0.500. The normalized spacial score (nSPS) is 32.5. The molecule has 13 heavy (non-hydrogen) atoms. The molecule has 2 atom stereocenters. The van der Waals surface area contributed by atoms with Crippen LogP contribution in [0.25, 0.3) is 0 Å². The van der Waals surface area contributed by atoms with Crippen molar-refractivity contribution in [2.75, 3.05) is 0 Å². The van der Waals surface area contributed by atoms with Crippen molar-refractivity contribution >= 4 is 17.2 Å². The summed E-state index contributed by atoms with van der Waals surface area (Å²) in [7, 11) is 0. The van der Waals surface area contributed by atoms with Gasteiger partial charge in [-0.3, -0.25) is 0 Å². The highest BCUT2D eigenvalue weighted by molar-refractivity contribution is 7.80. The van der Waals surface area contributed by atoms with Gasteiger partial charge in [0.1, 0.15) is 0 Å². The van der Waals surface area contributed by atoms with Gasteiger partial charge in [0, 0.05) is 11.6 Å². The van der Waals surface area contributed by atoms with Gasteiger partial charge in [-0.15, -0.1) is 0 Å². The SMILES string of the molecule is N#CC1CC2CCCC=C2NC1=S. The number of nitrogens with zero attached hydrogens (tertiary/aromatic N) is 1. The number of fused-ring (bicyclic) bond motifs is 1. The fraction of sp³-hybridized carbons (Fsp3) is 0.600. The fourth-order valence-corrected chi connectivity index (χ4v) is 2.34. The van der Waals surface area contributed by atoms with Gasteiger partial charge >= 0.3 is 0 Å². The van der Waals surface area contributed by atoms with Crippen LogP contribution in [-0.2, 0) is 0 Å². The van der Waals surface area contributed by atoms with Gasteiger partial charge < -0.3 is 5.32 Å². The molecule has 1 aliphatic carbocycles. The van der Waals surface area contributed by atoms with Crippen LogP contribution in [0.15, 0.2) is 11.8 Å². The number of nitriles is 1. The van der Waals surface area contributed by atoms with E-state index in [4.69, 9.17) is 17.5 Å². The van der Waals surface area contributed by atoms with E-state index >= 15 is 0 Å². The van der Waals surface area contributed by atoms with Crippen LogP contribution >= 0.6 is 12.2 Å². The number of hydrogen-bond acceptors (Lipinski definition) is 2. The highest BCUT2D eigenvalue weighted by Gasteiger charge is 2.30. The average Bonchev–Trinajstić information content (AvgIpc) is 2.17. The lowest BCUT2D eigenvalue weighted by Gasteiger charge is -2.32. The molecule has 2 rings (SSSR count). The van der Waals surface area contributed by atoms with Crippen molar-refractivity contribution in [2.45, 2.75) is 25.7 Å². The summed E-state index contributed by atoms with van der Waals surface area (Å²) in [4.78, 5) is 0.715. The monoisotopic (exact) mass is 192 g/mol. The summed E-state index contributed by atoms with van der Waals surface area (Å²) in [6.45, 7) is 0. The Morgan fingerprint density at radius 2 is 2.46 bits per heavy atom. The van der Waals surface area contributed by atoms with Crippen LogP contribution in [0, 0.1) is 23.2 Å². The molecule has 2 unspecified atom stereocenters. The maximum absolute atomic E-state index is 8.85. The highest BCUT2D eigenvalue weighted by atomic mass is 32.1. The van der Waals surface area contributed by atoms with Crippen molar-refractivity contribution in [1.29, 1.82) is 5.26 Å². The third-order valence-corrected chi connectivity index (χ3v) is 3.21. The smallest absolute Gasteiger partial charge is 0.0974 e. The molecule has 1 N–H and O–H groups in total. The molecule has 0 aromatic rings. The summed E-state index contributed by atoms with van der Waals surface area (Å²) in [6.07, 6.45) is 6.77. The van der Waals surface area contributed by atoms with Gasteiger partial charge in [0.15, 0.2) is 0 Å². The summed E-state index contributed by atoms with van der Waals surface area (Å²) < 4.78 is 0. The Balaban J connectivity index is 2.17. The first-order valence-electron chi connectivity index (χ1n) is 4.72. The lowest BCUT2D eigenvalue weighted by atomic mass is 9.82. The van der Waals surface area contributed by atoms with Gasteiger partial charge in [-0.05, 0) is 25.7 Å². The molecule has 0 radical (unpaired) electrons. The zero-order valence-corrected chi connectivity index (χ0v) is 8.23. The maximum atomic E-state index is 8.85. The molecule has 0 saturated carbocycles. The minimum Gasteiger partial charge on any atom is -0.352 e. The third-order valence-electron chi connectivity index (χ3n) is 2.82. The van der Waals surface area contributed by atoms with Crippen molar-refractivity contribution in [3.8, 4) is 6.07 Å². The molecular formula is C10H12N2S. The lowest BCUT2D eigenvalue weighted by molar-refractivity contribution is 0.425. The van der Waals surface area contributed by atoms with Crippen molar-refractivity contribution in [3.05, 3.63) is 11.8 Å². The number of thiocarbonyl (C=S) groups is 1. The van der Waals surface area contributed by atoms with Gasteiger partial charge in [0.2, 0.25) is 0 Å². The number of piperidine rings is 1. The predicted octanol–water partition coefficient (Wildman–Crippen LogP) is 2.13. The first kappa shape index (κ1) is 8.71. The summed E-state index contributed by atoms with van der Waals surface area (Å²) in [5.41, 5.74) is 1.27. The van der Waals surface area contributed by atoms with Gasteiger partial charge in [-0.2, -0.15) is 5.26 Å². The topological polar surface area (TPSA) is 35.8 Å². The Morgan fingerprint density at radius 1 is 1.62 bits per heavy atom. The summed E-state index contributed by atoms with van der Waals surface area (Å²) in [5, 5.41) is 12.0. The van der Waals surface area contributed by atoms with Crippen molar-refractivity contribution in [1.82, 2.24) is 5.32 Å². The van der Waals surface area contributed by atoms with E-state index in [1.54, 1.807) is 0 Å². The van der Waals surface area contributed by atoms with E-state index in [2.05, 4.69) is 17.5 Å². The van der Waals surface area contributed by atoms with Crippen molar-refractivity contribution < 1.29 is 0 Å². The van der Waals surface area contributed by atoms with Gasteiger partial charge in [0.05, 0.1) is 17.0 Å². The van der Waals surface area contributed by atoms with Gasteiger partial charge in [-0.25, -0.2) is 0 Å². The van der Waals surface area contributed by atoms with E-state index in [1.165, 1.54) is 18.5 Å². The molecule has 1 saturated heterocycles. The van der Waals surface area contributed by atoms with Crippen LogP contribution in [-0.4, -0.2) is 4.99 Å². The summed E-state index contributed by atoms with van der Waals surface area (Å²) in [6, 6.07) is 2.26. The third kappa shape index (κ3) is 1.59. The molecule has 0 spiro atoms. The molecule has 1 aliphatic heterocycles. The zero-order valence-electron chi connectivity index (χ0n) is 7.42. The minimum absolute atomic E-state index is 0.0600. The quantitative estimate of drug-likeness (QED) is 0.597. The molecule has 68 valence electrons. The number of nitrogens with one attached hydrogen (secondary N) is 1. The van der Waals surface area contributed by atoms with Crippen LogP contribution in [0.5, 0.6) is 0 Å². The molecule has 1 heterocycles. The molecule has 2 aliphatic rings.